The minimum absolute atomic E-state index is 0.0854. The summed E-state index contributed by atoms with van der Waals surface area (Å²) in [7, 11) is 0. The minimum Gasteiger partial charge on any atom is -0.491 e. The number of amides is 1. The van der Waals surface area contributed by atoms with E-state index < -0.39 is 0 Å². The highest BCUT2D eigenvalue weighted by Gasteiger charge is 2.17. The molecule has 3 rings (SSSR count). The number of nitriles is 1. The van der Waals surface area contributed by atoms with Crippen molar-refractivity contribution in [1.29, 1.82) is 5.26 Å². The summed E-state index contributed by atoms with van der Waals surface area (Å²) in [5, 5.41) is 12.5. The molecule has 0 radical (unpaired) electrons. The highest BCUT2D eigenvalue weighted by Crippen LogP contribution is 2.27. The second-order valence-corrected chi connectivity index (χ2v) is 7.14. The van der Waals surface area contributed by atoms with Crippen LogP contribution in [0, 0.1) is 11.3 Å². The van der Waals surface area contributed by atoms with Crippen LogP contribution in [0.15, 0.2) is 72.8 Å². The van der Waals surface area contributed by atoms with Gasteiger partial charge < -0.3 is 10.1 Å². The Hall–Kier alpha value is -3.58. The second kappa shape index (κ2) is 9.07. The highest BCUT2D eigenvalue weighted by atomic mass is 16.5. The van der Waals surface area contributed by atoms with E-state index in [2.05, 4.69) is 11.4 Å². The average molecular weight is 384 g/mol. The van der Waals surface area contributed by atoms with E-state index in [1.807, 2.05) is 81.4 Å². The van der Waals surface area contributed by atoms with Gasteiger partial charge in [0.2, 0.25) is 0 Å². The van der Waals surface area contributed by atoms with Crippen molar-refractivity contribution in [3.63, 3.8) is 0 Å². The van der Waals surface area contributed by atoms with Crippen LogP contribution in [0.4, 0.5) is 0 Å². The fourth-order valence-electron chi connectivity index (χ4n) is 3.22. The second-order valence-electron chi connectivity index (χ2n) is 7.14. The Balaban J connectivity index is 1.86. The lowest BCUT2D eigenvalue weighted by Gasteiger charge is -2.18. The fourth-order valence-corrected chi connectivity index (χ4v) is 3.22. The third-order valence-corrected chi connectivity index (χ3v) is 4.59. The molecule has 1 N–H and O–H groups in total. The van der Waals surface area contributed by atoms with Gasteiger partial charge in [0.05, 0.1) is 23.8 Å². The van der Waals surface area contributed by atoms with Crippen molar-refractivity contribution in [1.82, 2.24) is 5.32 Å². The first-order valence-corrected chi connectivity index (χ1v) is 9.65. The van der Waals surface area contributed by atoms with Gasteiger partial charge in [0, 0.05) is 11.1 Å². The number of carbonyl (C=O) groups is 1. The first kappa shape index (κ1) is 20.2. The third kappa shape index (κ3) is 4.83. The number of nitrogens with one attached hydrogen (secondary N) is 1. The predicted molar refractivity (Wildman–Crippen MR) is 115 cm³/mol. The monoisotopic (exact) mass is 384 g/mol. The number of hydrogen-bond acceptors (Lipinski definition) is 3. The Labute approximate surface area is 171 Å². The van der Waals surface area contributed by atoms with Gasteiger partial charge in [-0.1, -0.05) is 48.5 Å². The molecule has 0 bridgehead atoms. The lowest BCUT2D eigenvalue weighted by atomic mass is 9.95. The molecule has 3 aromatic rings. The van der Waals surface area contributed by atoms with Gasteiger partial charge in [-0.15, -0.1) is 0 Å². The molecule has 1 unspecified atom stereocenters. The number of rotatable bonds is 6. The number of carbonyl (C=O) groups excluding carboxylic acids is 1. The lowest BCUT2D eigenvalue weighted by Crippen LogP contribution is -2.27. The standard InChI is InChI=1S/C25H24N2O2/c1-17(2)29-21-11-8-10-19(15-21)18(3)27-25(28)24-14-7-6-13-23(24)22-12-5-4-9-20(22)16-26/h4-15,17-18H,1-3H3,(H,27,28). The van der Waals surface area contributed by atoms with Crippen molar-refractivity contribution < 1.29 is 9.53 Å². The van der Waals surface area contributed by atoms with Crippen molar-refractivity contribution in [2.75, 3.05) is 0 Å². The molecule has 29 heavy (non-hydrogen) atoms. The molecular weight excluding hydrogens is 360 g/mol. The van der Waals surface area contributed by atoms with Gasteiger partial charge in [0.25, 0.3) is 5.91 Å². The van der Waals surface area contributed by atoms with E-state index in [0.29, 0.717) is 11.1 Å². The van der Waals surface area contributed by atoms with Crippen LogP contribution >= 0.6 is 0 Å². The Bertz CT molecular complexity index is 1050. The van der Waals surface area contributed by atoms with Crippen LogP contribution in [0.3, 0.4) is 0 Å². The van der Waals surface area contributed by atoms with Gasteiger partial charge >= 0.3 is 0 Å². The number of hydrogen-bond donors (Lipinski definition) is 1. The molecule has 0 aromatic heterocycles. The third-order valence-electron chi connectivity index (χ3n) is 4.59. The maximum atomic E-state index is 13.1. The topological polar surface area (TPSA) is 62.1 Å². The molecular formula is C25H24N2O2. The van der Waals surface area contributed by atoms with E-state index in [9.17, 15) is 10.1 Å². The van der Waals surface area contributed by atoms with E-state index >= 15 is 0 Å². The zero-order chi connectivity index (χ0) is 20.8. The molecule has 0 saturated carbocycles. The van der Waals surface area contributed by atoms with Crippen molar-refractivity contribution in [3.05, 3.63) is 89.5 Å². The van der Waals surface area contributed by atoms with Crippen LogP contribution in [0.5, 0.6) is 5.75 Å². The minimum atomic E-state index is -0.197. The van der Waals surface area contributed by atoms with E-state index in [1.165, 1.54) is 0 Å². The molecule has 146 valence electrons. The number of ether oxygens (including phenoxy) is 1. The maximum absolute atomic E-state index is 13.1. The molecule has 0 heterocycles. The number of nitrogens with zero attached hydrogens (tertiary/aromatic N) is 1. The van der Waals surface area contributed by atoms with E-state index in [0.717, 1.165) is 22.4 Å². The normalized spacial score (nSPS) is 11.6. The molecule has 0 aliphatic rings. The van der Waals surface area contributed by atoms with Crippen LogP contribution in [0.25, 0.3) is 11.1 Å². The molecule has 0 aliphatic carbocycles. The quantitative estimate of drug-likeness (QED) is 0.610. The van der Waals surface area contributed by atoms with Crippen molar-refractivity contribution in [2.24, 2.45) is 0 Å². The van der Waals surface area contributed by atoms with Gasteiger partial charge in [0.1, 0.15) is 5.75 Å². The van der Waals surface area contributed by atoms with Gasteiger partial charge in [-0.25, -0.2) is 0 Å². The largest absolute Gasteiger partial charge is 0.491 e. The summed E-state index contributed by atoms with van der Waals surface area (Å²) >= 11 is 0. The Kier molecular flexibility index (Phi) is 6.31. The van der Waals surface area contributed by atoms with E-state index in [4.69, 9.17) is 4.74 Å². The summed E-state index contributed by atoms with van der Waals surface area (Å²) in [4.78, 5) is 13.1. The molecule has 1 amide bonds. The van der Waals surface area contributed by atoms with Crippen molar-refractivity contribution in [3.8, 4) is 22.9 Å². The summed E-state index contributed by atoms with van der Waals surface area (Å²) in [6.07, 6.45) is 0.0854. The van der Waals surface area contributed by atoms with Crippen LogP contribution in [0.1, 0.15) is 48.3 Å². The highest BCUT2D eigenvalue weighted by molar-refractivity contribution is 6.01. The van der Waals surface area contributed by atoms with Crippen molar-refractivity contribution >= 4 is 5.91 Å². The maximum Gasteiger partial charge on any atom is 0.252 e. The average Bonchev–Trinajstić information content (AvgIpc) is 2.73. The van der Waals surface area contributed by atoms with E-state index in [1.54, 1.807) is 12.1 Å². The van der Waals surface area contributed by atoms with Gasteiger partial charge in [-0.3, -0.25) is 4.79 Å². The summed E-state index contributed by atoms with van der Waals surface area (Å²) in [6.45, 7) is 5.90. The van der Waals surface area contributed by atoms with Crippen LogP contribution in [-0.4, -0.2) is 12.0 Å². The van der Waals surface area contributed by atoms with Crippen molar-refractivity contribution in [2.45, 2.75) is 32.9 Å². The molecule has 3 aromatic carbocycles. The summed E-state index contributed by atoms with van der Waals surface area (Å²) in [5.41, 5.74) is 3.54. The first-order chi connectivity index (χ1) is 14.0. The Morgan fingerprint density at radius 2 is 1.62 bits per heavy atom. The molecule has 4 heteroatoms. The van der Waals surface area contributed by atoms with Crippen LogP contribution < -0.4 is 10.1 Å². The molecule has 4 nitrogen and oxygen atoms in total. The number of benzene rings is 3. The SMILES string of the molecule is CC(C)Oc1cccc(C(C)NC(=O)c2ccccc2-c2ccccc2C#N)c1. The molecule has 0 fully saturated rings. The summed E-state index contributed by atoms with van der Waals surface area (Å²) < 4.78 is 5.75. The van der Waals surface area contributed by atoms with Crippen LogP contribution in [0.2, 0.25) is 0 Å². The zero-order valence-corrected chi connectivity index (χ0v) is 16.8. The van der Waals surface area contributed by atoms with Crippen LogP contribution in [-0.2, 0) is 0 Å². The predicted octanol–water partition coefficient (Wildman–Crippen LogP) is 5.50. The Morgan fingerprint density at radius 3 is 2.34 bits per heavy atom. The van der Waals surface area contributed by atoms with Gasteiger partial charge in [-0.2, -0.15) is 5.26 Å². The first-order valence-electron chi connectivity index (χ1n) is 9.65. The molecule has 0 aliphatic heterocycles. The molecule has 1 atom stereocenters. The van der Waals surface area contributed by atoms with Gasteiger partial charge in [-0.05, 0) is 56.2 Å². The zero-order valence-electron chi connectivity index (χ0n) is 16.8. The molecule has 0 saturated heterocycles. The Morgan fingerprint density at radius 1 is 0.931 bits per heavy atom. The lowest BCUT2D eigenvalue weighted by molar-refractivity contribution is 0.0940. The summed E-state index contributed by atoms with van der Waals surface area (Å²) in [6, 6.07) is 24.4. The smallest absolute Gasteiger partial charge is 0.252 e. The summed E-state index contributed by atoms with van der Waals surface area (Å²) in [5.74, 6) is 0.595. The molecule has 0 spiro atoms. The van der Waals surface area contributed by atoms with Gasteiger partial charge in [0.15, 0.2) is 0 Å². The van der Waals surface area contributed by atoms with E-state index in [-0.39, 0.29) is 18.1 Å². The fraction of sp³-hybridized carbons (Fsp3) is 0.200.